The maximum atomic E-state index is 4.93. The van der Waals surface area contributed by atoms with E-state index in [1.54, 1.807) is 0 Å². The molecule has 2 radical (unpaired) electrons. The van der Waals surface area contributed by atoms with E-state index < -0.39 is 20.8 Å². The Balaban J connectivity index is 0.000000218. The zero-order valence-corrected chi connectivity index (χ0v) is 28.3. The molecule has 192 valence electrons. The van der Waals surface area contributed by atoms with Crippen molar-refractivity contribution in [2.24, 2.45) is 0 Å². The van der Waals surface area contributed by atoms with Gasteiger partial charge < -0.3 is 0 Å². The van der Waals surface area contributed by atoms with E-state index in [2.05, 4.69) is 133 Å². The van der Waals surface area contributed by atoms with Crippen LogP contribution in [0.1, 0.15) is 47.6 Å². The number of hydrogen-bond donors (Lipinski definition) is 0. The van der Waals surface area contributed by atoms with Crippen molar-refractivity contribution in [1.29, 1.82) is 0 Å². The Kier molecular flexibility index (Phi) is 13.6. The van der Waals surface area contributed by atoms with Crippen LogP contribution in [0.25, 0.3) is 32.7 Å². The first kappa shape index (κ1) is 31.8. The Morgan fingerprint density at radius 3 is 1.95 bits per heavy atom. The van der Waals surface area contributed by atoms with Gasteiger partial charge in [0.2, 0.25) is 0 Å². The second-order valence-corrected chi connectivity index (χ2v) is 14.5. The van der Waals surface area contributed by atoms with Crippen LogP contribution in [0.15, 0.2) is 78.9 Å². The van der Waals surface area contributed by atoms with Crippen LogP contribution in [0.3, 0.4) is 0 Å². The summed E-state index contributed by atoms with van der Waals surface area (Å²) in [6, 6.07) is 28.8. The molecule has 4 heteroatoms. The topological polar surface area (TPSA) is 0 Å². The van der Waals surface area contributed by atoms with E-state index in [0.29, 0.717) is 5.92 Å². The van der Waals surface area contributed by atoms with Crippen LogP contribution >= 0.6 is 17.0 Å². The summed E-state index contributed by atoms with van der Waals surface area (Å²) in [6.45, 7) is 17.5. The third-order valence-electron chi connectivity index (χ3n) is 6.34. The quantitative estimate of drug-likeness (QED) is 0.135. The molecule has 0 aliphatic rings. The van der Waals surface area contributed by atoms with Gasteiger partial charge in [-0.1, -0.05) is 93.9 Å². The molecule has 0 fully saturated rings. The molecule has 0 bridgehead atoms. The molecule has 5 aromatic rings. The van der Waals surface area contributed by atoms with Crippen molar-refractivity contribution in [3.8, 4) is 11.1 Å². The molecular formula is C33H38Cl2SiZr. The van der Waals surface area contributed by atoms with Crippen LogP contribution in [0, 0.1) is 27.7 Å². The summed E-state index contributed by atoms with van der Waals surface area (Å²) in [6.07, 6.45) is 0. The van der Waals surface area contributed by atoms with Crippen LogP contribution < -0.4 is 0 Å². The van der Waals surface area contributed by atoms with Crippen LogP contribution in [-0.4, -0.2) is 9.52 Å². The van der Waals surface area contributed by atoms with E-state index in [1.165, 1.54) is 60.5 Å². The standard InChI is InChI=1S/C17H15.C14H17.C2H6Si.2ClH.Zr/c1-12-10-16-13(2)8-9-15(17(16)11-12)14-6-4-3-5-7-14;1-9(2)12-7-13-5-10(3)11(4)6-14(13)8-12;1-3-2;;;/h3-11H,1-2H3;5-9H,1-4H3;1-2H3;2*1H;/q2*-1;;;;+4/p-2. The molecule has 0 aliphatic heterocycles. The summed E-state index contributed by atoms with van der Waals surface area (Å²) in [5.74, 6) is 0.628. The molecule has 5 rings (SSSR count). The normalized spacial score (nSPS) is 10.1. The molecule has 0 saturated heterocycles. The fourth-order valence-corrected chi connectivity index (χ4v) is 4.30. The Morgan fingerprint density at radius 1 is 0.757 bits per heavy atom. The predicted molar refractivity (Wildman–Crippen MR) is 167 cm³/mol. The fourth-order valence-electron chi connectivity index (χ4n) is 4.30. The Bertz CT molecular complexity index is 1340. The molecule has 0 spiro atoms. The molecule has 0 amide bonds. The monoisotopic (exact) mass is 622 g/mol. The van der Waals surface area contributed by atoms with E-state index >= 15 is 0 Å². The number of hydrogen-bond acceptors (Lipinski definition) is 0. The molecule has 0 heterocycles. The molecule has 37 heavy (non-hydrogen) atoms. The van der Waals surface area contributed by atoms with Gasteiger partial charge in [0.25, 0.3) is 0 Å². The number of aryl methyl sites for hydroxylation is 4. The first-order valence-electron chi connectivity index (χ1n) is 12.6. The van der Waals surface area contributed by atoms with E-state index in [9.17, 15) is 0 Å². The minimum atomic E-state index is -0.826. The summed E-state index contributed by atoms with van der Waals surface area (Å²) in [7, 11) is 11.0. The minimum absolute atomic E-state index is 0.628. The number of halogens is 2. The van der Waals surface area contributed by atoms with Crippen LogP contribution in [0.2, 0.25) is 13.1 Å². The van der Waals surface area contributed by atoms with Gasteiger partial charge in [-0.3, -0.25) is 0 Å². The molecule has 0 aliphatic carbocycles. The third-order valence-corrected chi connectivity index (χ3v) is 6.34. The average molecular weight is 625 g/mol. The molecule has 5 aromatic carbocycles. The van der Waals surface area contributed by atoms with Crippen LogP contribution in [0.5, 0.6) is 0 Å². The summed E-state index contributed by atoms with van der Waals surface area (Å²) in [5, 5.41) is 5.52. The van der Waals surface area contributed by atoms with E-state index in [0.717, 1.165) is 9.52 Å². The molecule has 0 unspecified atom stereocenters. The average Bonchev–Trinajstić information content (AvgIpc) is 3.45. The van der Waals surface area contributed by atoms with Crippen LogP contribution in [-0.2, 0) is 20.8 Å². The van der Waals surface area contributed by atoms with E-state index in [4.69, 9.17) is 17.0 Å². The second-order valence-electron chi connectivity index (χ2n) is 9.74. The van der Waals surface area contributed by atoms with Crippen molar-refractivity contribution >= 4 is 48.1 Å². The van der Waals surface area contributed by atoms with E-state index in [-0.39, 0.29) is 0 Å². The zero-order valence-electron chi connectivity index (χ0n) is 23.3. The van der Waals surface area contributed by atoms with Gasteiger partial charge >= 0.3 is 37.9 Å². The Hall–Kier alpha value is -1.44. The molecule has 0 N–H and O–H groups in total. The summed E-state index contributed by atoms with van der Waals surface area (Å²) in [4.78, 5) is 0. The van der Waals surface area contributed by atoms with Gasteiger partial charge in [-0.05, 0) is 25.3 Å². The molecule has 0 nitrogen and oxygen atoms in total. The van der Waals surface area contributed by atoms with Crippen molar-refractivity contribution in [2.45, 2.75) is 60.6 Å². The maximum absolute atomic E-state index is 4.93. The predicted octanol–water partition coefficient (Wildman–Crippen LogP) is 11.3. The van der Waals surface area contributed by atoms with Crippen molar-refractivity contribution in [1.82, 2.24) is 0 Å². The van der Waals surface area contributed by atoms with Gasteiger partial charge in [-0.2, -0.15) is 12.1 Å². The summed E-state index contributed by atoms with van der Waals surface area (Å²) in [5.41, 5.74) is 9.54. The molecule has 0 atom stereocenters. The zero-order chi connectivity index (χ0) is 27.5. The van der Waals surface area contributed by atoms with Gasteiger partial charge in [0.15, 0.2) is 0 Å². The van der Waals surface area contributed by atoms with Crippen molar-refractivity contribution in [2.75, 3.05) is 0 Å². The Morgan fingerprint density at radius 2 is 1.35 bits per heavy atom. The second kappa shape index (κ2) is 15.8. The van der Waals surface area contributed by atoms with Gasteiger partial charge in [0.1, 0.15) is 0 Å². The Labute approximate surface area is 245 Å². The molecule has 0 saturated carbocycles. The summed E-state index contributed by atoms with van der Waals surface area (Å²) < 4.78 is 0. The number of fused-ring (bicyclic) bond motifs is 2. The van der Waals surface area contributed by atoms with Gasteiger partial charge in [-0.25, -0.2) is 0 Å². The molecular weight excluding hydrogens is 587 g/mol. The van der Waals surface area contributed by atoms with Crippen LogP contribution in [0.4, 0.5) is 0 Å². The van der Waals surface area contributed by atoms with Crippen molar-refractivity contribution < 1.29 is 20.8 Å². The first-order chi connectivity index (χ1) is 17.7. The van der Waals surface area contributed by atoms with Gasteiger partial charge in [-0.15, -0.1) is 68.6 Å². The number of benzene rings is 3. The van der Waals surface area contributed by atoms with E-state index in [1.807, 2.05) is 0 Å². The first-order valence-corrected chi connectivity index (χ1v) is 20.9. The summed E-state index contributed by atoms with van der Waals surface area (Å²) >= 11 is -0.826. The number of rotatable bonds is 2. The van der Waals surface area contributed by atoms with Gasteiger partial charge in [0, 0.05) is 9.52 Å². The van der Waals surface area contributed by atoms with Gasteiger partial charge in [0.05, 0.1) is 0 Å². The fraction of sp³-hybridized carbons (Fsp3) is 0.273. The molecule has 0 aromatic heterocycles. The van der Waals surface area contributed by atoms with Crippen molar-refractivity contribution in [3.63, 3.8) is 0 Å². The SMILES string of the molecule is C[Si]C.Cc1cc2c(-c3ccccc3)ccc(C)c2[cH-]1.Cc1cc2cc(C(C)C)[cH-]c2cc1C.[Cl][Zr+2][Cl]. The third kappa shape index (κ3) is 9.07. The van der Waals surface area contributed by atoms with Crippen molar-refractivity contribution in [3.05, 3.63) is 107 Å².